The highest BCUT2D eigenvalue weighted by atomic mass is 16.3. The maximum atomic E-state index is 12.7. The lowest BCUT2D eigenvalue weighted by Crippen LogP contribution is -2.30. The molecule has 0 spiro atoms. The largest absolute Gasteiger partial charge is 0.394 e. The van der Waals surface area contributed by atoms with Crippen LogP contribution in [-0.2, 0) is 0 Å². The summed E-state index contributed by atoms with van der Waals surface area (Å²) < 4.78 is 0. The molecule has 1 atom stereocenters. The lowest BCUT2D eigenvalue weighted by molar-refractivity contribution is 0.0916. The van der Waals surface area contributed by atoms with Crippen LogP contribution in [0.25, 0.3) is 10.9 Å². The van der Waals surface area contributed by atoms with E-state index in [1.165, 1.54) is 6.42 Å². The minimum atomic E-state index is -0.448. The summed E-state index contributed by atoms with van der Waals surface area (Å²) in [6.45, 7) is -0.166. The van der Waals surface area contributed by atoms with E-state index in [9.17, 15) is 9.90 Å². The van der Waals surface area contributed by atoms with E-state index in [2.05, 4.69) is 20.6 Å². The maximum absolute atomic E-state index is 12.7. The molecule has 6 heteroatoms. The molecule has 6 nitrogen and oxygen atoms in total. The van der Waals surface area contributed by atoms with Crippen molar-refractivity contribution in [3.8, 4) is 0 Å². The predicted octanol–water partition coefficient (Wildman–Crippen LogP) is 3.06. The van der Waals surface area contributed by atoms with Gasteiger partial charge in [-0.25, -0.2) is 9.97 Å². The Morgan fingerprint density at radius 3 is 2.70 bits per heavy atom. The fourth-order valence-corrected chi connectivity index (χ4v) is 3.13. The van der Waals surface area contributed by atoms with Gasteiger partial charge >= 0.3 is 0 Å². The zero-order valence-corrected chi connectivity index (χ0v) is 14.9. The molecule has 1 aliphatic rings. The lowest BCUT2D eigenvalue weighted by Gasteiger charge is -2.26. The van der Waals surface area contributed by atoms with E-state index in [-0.39, 0.29) is 12.5 Å². The second kappa shape index (κ2) is 7.72. The Bertz CT molecular complexity index is 941. The first-order valence-electron chi connectivity index (χ1n) is 9.23. The number of aliphatic hydroxyl groups excluding tert-OH is 1. The second-order valence-corrected chi connectivity index (χ2v) is 6.86. The molecule has 2 aromatic carbocycles. The van der Waals surface area contributed by atoms with E-state index in [1.807, 2.05) is 36.4 Å². The standard InChI is InChI=1S/C21H22N4O2/c26-13-19(14-5-2-1-3-6-14)24-20(27)15-9-10-16-12-22-21(25-18(16)11-15)23-17-7-4-8-17/h1-3,5-6,9-12,17,19,26H,4,7-8,13H2,(H,24,27)(H,22,23,25). The summed E-state index contributed by atoms with van der Waals surface area (Å²) in [5.74, 6) is 0.356. The number of rotatable bonds is 6. The molecule has 3 aromatic rings. The number of benzene rings is 2. The van der Waals surface area contributed by atoms with Crippen LogP contribution in [-0.4, -0.2) is 33.6 Å². The normalized spacial score (nSPS) is 15.1. The van der Waals surface area contributed by atoms with Crippen LogP contribution in [0.3, 0.4) is 0 Å². The highest BCUT2D eigenvalue weighted by molar-refractivity contribution is 5.98. The molecular formula is C21H22N4O2. The van der Waals surface area contributed by atoms with Crippen molar-refractivity contribution >= 4 is 22.8 Å². The molecular weight excluding hydrogens is 340 g/mol. The van der Waals surface area contributed by atoms with E-state index >= 15 is 0 Å². The maximum Gasteiger partial charge on any atom is 0.251 e. The van der Waals surface area contributed by atoms with Gasteiger partial charge in [-0.1, -0.05) is 36.4 Å². The summed E-state index contributed by atoms with van der Waals surface area (Å²) in [6, 6.07) is 14.8. The smallest absolute Gasteiger partial charge is 0.251 e. The zero-order valence-electron chi connectivity index (χ0n) is 14.9. The molecule has 0 radical (unpaired) electrons. The molecule has 0 saturated heterocycles. The minimum Gasteiger partial charge on any atom is -0.394 e. The number of aromatic nitrogens is 2. The van der Waals surface area contributed by atoms with E-state index in [4.69, 9.17) is 0 Å². The van der Waals surface area contributed by atoms with Gasteiger partial charge in [-0.3, -0.25) is 4.79 Å². The number of nitrogens with one attached hydrogen (secondary N) is 2. The number of amides is 1. The summed E-state index contributed by atoms with van der Waals surface area (Å²) in [4.78, 5) is 21.6. The van der Waals surface area contributed by atoms with Crippen LogP contribution in [0.4, 0.5) is 5.95 Å². The minimum absolute atomic E-state index is 0.166. The Morgan fingerprint density at radius 1 is 1.19 bits per heavy atom. The van der Waals surface area contributed by atoms with Gasteiger partial charge in [0, 0.05) is 23.2 Å². The SMILES string of the molecule is O=C(NC(CO)c1ccccc1)c1ccc2cnc(NC3CCC3)nc2c1. The molecule has 0 bridgehead atoms. The molecule has 138 valence electrons. The van der Waals surface area contributed by atoms with Crippen LogP contribution >= 0.6 is 0 Å². The number of hydrogen-bond donors (Lipinski definition) is 3. The van der Waals surface area contributed by atoms with Gasteiger partial charge < -0.3 is 15.7 Å². The average Bonchev–Trinajstić information content (AvgIpc) is 2.68. The van der Waals surface area contributed by atoms with Crippen molar-refractivity contribution in [3.63, 3.8) is 0 Å². The van der Waals surface area contributed by atoms with Crippen molar-refractivity contribution in [1.82, 2.24) is 15.3 Å². The van der Waals surface area contributed by atoms with Crippen LogP contribution < -0.4 is 10.6 Å². The Labute approximate surface area is 157 Å². The fraction of sp³-hybridized carbons (Fsp3) is 0.286. The molecule has 1 saturated carbocycles. The van der Waals surface area contributed by atoms with Gasteiger partial charge in [0.2, 0.25) is 5.95 Å². The van der Waals surface area contributed by atoms with Crippen LogP contribution in [0, 0.1) is 0 Å². The summed E-state index contributed by atoms with van der Waals surface area (Å²) in [5, 5.41) is 16.7. The monoisotopic (exact) mass is 362 g/mol. The van der Waals surface area contributed by atoms with Gasteiger partial charge in [0.05, 0.1) is 18.2 Å². The number of hydrogen-bond acceptors (Lipinski definition) is 5. The Morgan fingerprint density at radius 2 is 2.00 bits per heavy atom. The summed E-state index contributed by atoms with van der Waals surface area (Å²) in [5.41, 5.74) is 2.09. The Kier molecular flexibility index (Phi) is 4.98. The third kappa shape index (κ3) is 3.90. The summed E-state index contributed by atoms with van der Waals surface area (Å²) in [7, 11) is 0. The van der Waals surface area contributed by atoms with Gasteiger partial charge in [-0.2, -0.15) is 0 Å². The van der Waals surface area contributed by atoms with Crippen molar-refractivity contribution in [1.29, 1.82) is 0 Å². The topological polar surface area (TPSA) is 87.1 Å². The molecule has 1 aromatic heterocycles. The molecule has 27 heavy (non-hydrogen) atoms. The van der Waals surface area contributed by atoms with E-state index in [0.29, 0.717) is 17.6 Å². The number of carbonyl (C=O) groups excluding carboxylic acids is 1. The van der Waals surface area contributed by atoms with Gasteiger partial charge in [-0.05, 0) is 37.0 Å². The first-order valence-corrected chi connectivity index (χ1v) is 9.23. The third-order valence-electron chi connectivity index (χ3n) is 4.97. The van der Waals surface area contributed by atoms with Gasteiger partial charge in [0.25, 0.3) is 5.91 Å². The molecule has 1 aliphatic carbocycles. The number of aliphatic hydroxyl groups is 1. The van der Waals surface area contributed by atoms with Crippen molar-refractivity contribution in [3.05, 3.63) is 65.9 Å². The summed E-state index contributed by atoms with van der Waals surface area (Å²) in [6.07, 6.45) is 5.30. The fourth-order valence-electron chi connectivity index (χ4n) is 3.13. The van der Waals surface area contributed by atoms with Crippen molar-refractivity contribution < 1.29 is 9.90 Å². The van der Waals surface area contributed by atoms with Crippen molar-refractivity contribution in [2.45, 2.75) is 31.3 Å². The molecule has 0 aliphatic heterocycles. The molecule has 3 N–H and O–H groups in total. The number of anilines is 1. The first kappa shape index (κ1) is 17.4. The highest BCUT2D eigenvalue weighted by Crippen LogP contribution is 2.23. The molecule has 1 heterocycles. The van der Waals surface area contributed by atoms with E-state index in [0.717, 1.165) is 29.3 Å². The quantitative estimate of drug-likeness (QED) is 0.627. The average molecular weight is 362 g/mol. The lowest BCUT2D eigenvalue weighted by atomic mass is 9.93. The summed E-state index contributed by atoms with van der Waals surface area (Å²) >= 11 is 0. The molecule has 1 unspecified atom stereocenters. The first-order chi connectivity index (χ1) is 13.2. The van der Waals surface area contributed by atoms with Gasteiger partial charge in [0.15, 0.2) is 0 Å². The number of carbonyl (C=O) groups is 1. The Balaban J connectivity index is 1.53. The van der Waals surface area contributed by atoms with Gasteiger partial charge in [-0.15, -0.1) is 0 Å². The van der Waals surface area contributed by atoms with E-state index in [1.54, 1.807) is 18.3 Å². The van der Waals surface area contributed by atoms with E-state index < -0.39 is 6.04 Å². The Hall–Kier alpha value is -2.99. The third-order valence-corrected chi connectivity index (χ3v) is 4.97. The molecule has 1 fully saturated rings. The molecule has 1 amide bonds. The highest BCUT2D eigenvalue weighted by Gasteiger charge is 2.18. The molecule has 4 rings (SSSR count). The second-order valence-electron chi connectivity index (χ2n) is 6.86. The van der Waals surface area contributed by atoms with Crippen LogP contribution in [0.15, 0.2) is 54.7 Å². The predicted molar refractivity (Wildman–Crippen MR) is 105 cm³/mol. The zero-order chi connectivity index (χ0) is 18.6. The van der Waals surface area contributed by atoms with Crippen molar-refractivity contribution in [2.75, 3.05) is 11.9 Å². The van der Waals surface area contributed by atoms with Crippen LogP contribution in [0.2, 0.25) is 0 Å². The number of nitrogens with zero attached hydrogens (tertiary/aromatic N) is 2. The van der Waals surface area contributed by atoms with Crippen molar-refractivity contribution in [2.24, 2.45) is 0 Å². The van der Waals surface area contributed by atoms with Crippen LogP contribution in [0.1, 0.15) is 41.2 Å². The number of fused-ring (bicyclic) bond motifs is 1. The van der Waals surface area contributed by atoms with Crippen LogP contribution in [0.5, 0.6) is 0 Å². The van der Waals surface area contributed by atoms with Gasteiger partial charge in [0.1, 0.15) is 0 Å².